The summed E-state index contributed by atoms with van der Waals surface area (Å²) in [5.74, 6) is 3.19. The molecule has 0 aromatic heterocycles. The zero-order chi connectivity index (χ0) is 17.0. The van der Waals surface area contributed by atoms with Crippen LogP contribution in [-0.2, 0) is 0 Å². The lowest BCUT2D eigenvalue weighted by Gasteiger charge is -2.58. The van der Waals surface area contributed by atoms with Gasteiger partial charge in [0.15, 0.2) is 0 Å². The number of phenols is 1. The van der Waals surface area contributed by atoms with E-state index < -0.39 is 0 Å². The third kappa shape index (κ3) is 2.49. The van der Waals surface area contributed by atoms with Crippen LogP contribution in [0.25, 0.3) is 10.8 Å². The molecule has 2 heteroatoms. The van der Waals surface area contributed by atoms with Gasteiger partial charge in [-0.05, 0) is 85.5 Å². The Balaban J connectivity index is 1.47. The molecule has 130 valence electrons. The molecular formula is C23H27NO. The number of phenolic OH excluding ortho intramolecular Hbond substituents is 1. The minimum absolute atomic E-state index is 0.333. The molecule has 0 saturated heterocycles. The highest BCUT2D eigenvalue weighted by molar-refractivity contribution is 6.02. The monoisotopic (exact) mass is 333 g/mol. The van der Waals surface area contributed by atoms with Crippen molar-refractivity contribution in [3.63, 3.8) is 0 Å². The summed E-state index contributed by atoms with van der Waals surface area (Å²) in [4.78, 5) is 5.01. The van der Waals surface area contributed by atoms with Gasteiger partial charge in [-0.25, -0.2) is 0 Å². The number of rotatable bonds is 3. The van der Waals surface area contributed by atoms with Crippen LogP contribution in [0.4, 0.5) is 0 Å². The number of aliphatic imine (C=N–C) groups is 1. The standard InChI is InChI=1S/C23H27NO/c1-15(23-11-16-8-17(12-23)10-18(9-16)13-23)24-14-21-20-5-3-2-4-19(20)6-7-22(21)25/h2-7,14-18,25H,8-13H2,1H3/t15-,16?,17?,18?,23?/m1/s1. The Morgan fingerprint density at radius 2 is 1.64 bits per heavy atom. The fourth-order valence-corrected chi connectivity index (χ4v) is 6.45. The molecule has 0 radical (unpaired) electrons. The highest BCUT2D eigenvalue weighted by Gasteiger charge is 2.53. The maximum absolute atomic E-state index is 10.4. The van der Waals surface area contributed by atoms with E-state index in [-0.39, 0.29) is 0 Å². The molecule has 2 aromatic carbocycles. The van der Waals surface area contributed by atoms with Crippen LogP contribution in [0.15, 0.2) is 41.4 Å². The van der Waals surface area contributed by atoms with Crippen LogP contribution in [0.1, 0.15) is 51.0 Å². The Labute approximate surface area is 150 Å². The normalized spacial score (nSPS) is 34.8. The maximum atomic E-state index is 10.4. The molecule has 2 nitrogen and oxygen atoms in total. The molecule has 4 saturated carbocycles. The fourth-order valence-electron chi connectivity index (χ4n) is 6.45. The molecule has 0 spiro atoms. The first-order valence-corrected chi connectivity index (χ1v) is 9.87. The SMILES string of the molecule is C[C@@H](N=Cc1c(O)ccc2ccccc12)C12CC3CC(CC(C3)C1)C2. The van der Waals surface area contributed by atoms with Crippen molar-refractivity contribution < 1.29 is 5.11 Å². The highest BCUT2D eigenvalue weighted by Crippen LogP contribution is 2.61. The molecule has 0 heterocycles. The second kappa shape index (κ2) is 5.59. The predicted octanol–water partition coefficient (Wildman–Crippen LogP) is 5.57. The minimum Gasteiger partial charge on any atom is -0.507 e. The third-order valence-corrected chi connectivity index (χ3v) is 7.35. The summed E-state index contributed by atoms with van der Waals surface area (Å²) >= 11 is 0. The van der Waals surface area contributed by atoms with E-state index in [1.807, 2.05) is 24.4 Å². The number of benzene rings is 2. The van der Waals surface area contributed by atoms with Crippen LogP contribution in [0.5, 0.6) is 5.75 Å². The Morgan fingerprint density at radius 3 is 2.32 bits per heavy atom. The summed E-state index contributed by atoms with van der Waals surface area (Å²) in [5.41, 5.74) is 1.29. The van der Waals surface area contributed by atoms with Crippen LogP contribution in [-0.4, -0.2) is 17.4 Å². The summed E-state index contributed by atoms with van der Waals surface area (Å²) in [6.45, 7) is 2.31. The van der Waals surface area contributed by atoms with Crippen molar-refractivity contribution >= 4 is 17.0 Å². The molecule has 2 aromatic rings. The van der Waals surface area contributed by atoms with Crippen LogP contribution in [0, 0.1) is 23.2 Å². The zero-order valence-corrected chi connectivity index (χ0v) is 15.0. The van der Waals surface area contributed by atoms with Crippen molar-refractivity contribution in [2.75, 3.05) is 0 Å². The molecule has 0 aliphatic heterocycles. The van der Waals surface area contributed by atoms with Gasteiger partial charge in [-0.2, -0.15) is 0 Å². The predicted molar refractivity (Wildman–Crippen MR) is 103 cm³/mol. The lowest BCUT2D eigenvalue weighted by Crippen LogP contribution is -2.50. The van der Waals surface area contributed by atoms with Gasteiger partial charge in [-0.15, -0.1) is 0 Å². The fraction of sp³-hybridized carbons (Fsp3) is 0.522. The van der Waals surface area contributed by atoms with Crippen LogP contribution >= 0.6 is 0 Å². The van der Waals surface area contributed by atoms with Gasteiger partial charge in [0.05, 0.1) is 6.04 Å². The summed E-state index contributed by atoms with van der Waals surface area (Å²) in [6.07, 6.45) is 10.5. The quantitative estimate of drug-likeness (QED) is 0.732. The van der Waals surface area contributed by atoms with Crippen molar-refractivity contribution in [3.05, 3.63) is 42.0 Å². The van der Waals surface area contributed by atoms with E-state index in [1.54, 1.807) is 6.07 Å². The summed E-state index contributed by atoms with van der Waals surface area (Å²) in [5, 5.41) is 12.6. The summed E-state index contributed by atoms with van der Waals surface area (Å²) < 4.78 is 0. The second-order valence-corrected chi connectivity index (χ2v) is 8.95. The Hall–Kier alpha value is -1.83. The smallest absolute Gasteiger partial charge is 0.124 e. The molecule has 4 aliphatic rings. The van der Waals surface area contributed by atoms with E-state index in [0.29, 0.717) is 17.2 Å². The van der Waals surface area contributed by atoms with Gasteiger partial charge >= 0.3 is 0 Å². The molecular weight excluding hydrogens is 306 g/mol. The first kappa shape index (κ1) is 15.4. The Bertz CT molecular complexity index is 802. The third-order valence-electron chi connectivity index (χ3n) is 7.35. The molecule has 1 atom stereocenters. The summed E-state index contributed by atoms with van der Waals surface area (Å²) in [6, 6.07) is 12.4. The van der Waals surface area contributed by atoms with Gasteiger partial charge in [-0.3, -0.25) is 4.99 Å². The molecule has 0 amide bonds. The number of fused-ring (bicyclic) bond motifs is 1. The van der Waals surface area contributed by atoms with E-state index in [9.17, 15) is 5.11 Å². The van der Waals surface area contributed by atoms with Gasteiger partial charge < -0.3 is 5.11 Å². The van der Waals surface area contributed by atoms with Crippen LogP contribution < -0.4 is 0 Å². The second-order valence-electron chi connectivity index (χ2n) is 8.95. The molecule has 4 aliphatic carbocycles. The topological polar surface area (TPSA) is 32.6 Å². The van der Waals surface area contributed by atoms with Gasteiger partial charge in [0.2, 0.25) is 0 Å². The van der Waals surface area contributed by atoms with E-state index in [1.165, 1.54) is 38.5 Å². The Kier molecular flexibility index (Phi) is 3.45. The number of hydrogen-bond donors (Lipinski definition) is 1. The molecule has 4 bridgehead atoms. The van der Waals surface area contributed by atoms with Gasteiger partial charge in [-0.1, -0.05) is 30.3 Å². The lowest BCUT2D eigenvalue weighted by atomic mass is 9.48. The van der Waals surface area contributed by atoms with Crippen molar-refractivity contribution in [3.8, 4) is 5.75 Å². The van der Waals surface area contributed by atoms with Gasteiger partial charge in [0.1, 0.15) is 5.75 Å². The van der Waals surface area contributed by atoms with Gasteiger partial charge in [0, 0.05) is 11.8 Å². The molecule has 0 unspecified atom stereocenters. The lowest BCUT2D eigenvalue weighted by molar-refractivity contribution is -0.0632. The van der Waals surface area contributed by atoms with E-state index in [4.69, 9.17) is 4.99 Å². The Morgan fingerprint density at radius 1 is 1.00 bits per heavy atom. The molecule has 1 N–H and O–H groups in total. The number of aromatic hydroxyl groups is 1. The molecule has 4 fully saturated rings. The van der Waals surface area contributed by atoms with E-state index in [2.05, 4.69) is 19.1 Å². The molecule has 6 rings (SSSR count). The van der Waals surface area contributed by atoms with E-state index >= 15 is 0 Å². The highest BCUT2D eigenvalue weighted by atomic mass is 16.3. The summed E-state index contributed by atoms with van der Waals surface area (Å²) in [7, 11) is 0. The van der Waals surface area contributed by atoms with Crippen molar-refractivity contribution in [2.24, 2.45) is 28.2 Å². The average molecular weight is 333 g/mol. The maximum Gasteiger partial charge on any atom is 0.124 e. The van der Waals surface area contributed by atoms with Crippen molar-refractivity contribution in [1.29, 1.82) is 0 Å². The van der Waals surface area contributed by atoms with Crippen molar-refractivity contribution in [2.45, 2.75) is 51.5 Å². The first-order valence-electron chi connectivity index (χ1n) is 9.87. The van der Waals surface area contributed by atoms with Gasteiger partial charge in [0.25, 0.3) is 0 Å². The van der Waals surface area contributed by atoms with E-state index in [0.717, 1.165) is 34.1 Å². The van der Waals surface area contributed by atoms with Crippen molar-refractivity contribution in [1.82, 2.24) is 0 Å². The van der Waals surface area contributed by atoms with Crippen LogP contribution in [0.2, 0.25) is 0 Å². The zero-order valence-electron chi connectivity index (χ0n) is 15.0. The van der Waals surface area contributed by atoms with Crippen LogP contribution in [0.3, 0.4) is 0 Å². The molecule has 25 heavy (non-hydrogen) atoms. The average Bonchev–Trinajstić information content (AvgIpc) is 2.59. The minimum atomic E-state index is 0.333. The number of hydrogen-bond acceptors (Lipinski definition) is 2. The number of nitrogens with zero attached hydrogens (tertiary/aromatic N) is 1. The largest absolute Gasteiger partial charge is 0.507 e. The first-order chi connectivity index (χ1) is 12.1.